The van der Waals surface area contributed by atoms with Crippen LogP contribution in [0.15, 0.2) is 97.3 Å². The molecule has 146 valence electrons. The molecule has 0 bridgehead atoms. The molecule has 1 N–H and O–H groups in total. The molecule has 0 aliphatic heterocycles. The Morgan fingerprint density at radius 1 is 0.800 bits per heavy atom. The molecule has 5 aromatic rings. The quantitative estimate of drug-likeness (QED) is 0.446. The van der Waals surface area contributed by atoms with Crippen molar-refractivity contribution in [2.75, 3.05) is 5.32 Å². The highest BCUT2D eigenvalue weighted by atomic mass is 15.1. The van der Waals surface area contributed by atoms with E-state index in [1.165, 1.54) is 0 Å². The molecular formula is C25H21N5. The van der Waals surface area contributed by atoms with Crippen molar-refractivity contribution in [3.8, 4) is 11.4 Å². The smallest absolute Gasteiger partial charge is 0.162 e. The van der Waals surface area contributed by atoms with Crippen molar-refractivity contribution in [2.24, 2.45) is 7.05 Å². The van der Waals surface area contributed by atoms with Crippen molar-refractivity contribution in [3.63, 3.8) is 0 Å². The molecule has 0 fully saturated rings. The highest BCUT2D eigenvalue weighted by molar-refractivity contribution is 5.90. The average molecular weight is 391 g/mol. The highest BCUT2D eigenvalue weighted by Gasteiger charge is 2.20. The zero-order valence-corrected chi connectivity index (χ0v) is 16.6. The summed E-state index contributed by atoms with van der Waals surface area (Å²) in [6.07, 6.45) is 3.78. The average Bonchev–Trinajstić information content (AvgIpc) is 3.24. The molecule has 0 aliphatic rings. The molecule has 2 aromatic heterocycles. The molecule has 5 nitrogen and oxygen atoms in total. The van der Waals surface area contributed by atoms with Crippen molar-refractivity contribution < 1.29 is 0 Å². The Morgan fingerprint density at radius 2 is 1.50 bits per heavy atom. The number of nitrogens with zero attached hydrogens (tertiary/aromatic N) is 4. The van der Waals surface area contributed by atoms with Crippen LogP contribution in [-0.2, 0) is 7.05 Å². The monoisotopic (exact) mass is 391 g/mol. The van der Waals surface area contributed by atoms with Crippen LogP contribution in [0.5, 0.6) is 0 Å². The van der Waals surface area contributed by atoms with Gasteiger partial charge >= 0.3 is 0 Å². The van der Waals surface area contributed by atoms with E-state index in [1.807, 2.05) is 96.8 Å². The van der Waals surface area contributed by atoms with Crippen LogP contribution in [0.4, 0.5) is 5.82 Å². The number of nitrogens with one attached hydrogen (secondary N) is 1. The number of aromatic nitrogens is 4. The van der Waals surface area contributed by atoms with Gasteiger partial charge in [-0.05, 0) is 17.7 Å². The van der Waals surface area contributed by atoms with Gasteiger partial charge in [0.05, 0.1) is 5.52 Å². The standard InChI is InChI=1S/C25H21N5/c1-30-17-16-26-25(30)22(18-10-4-2-5-11-18)28-24-20-14-8-9-15-21(20)27-23(29-24)19-12-6-3-7-13-19/h2-17,22H,1H3,(H,27,28,29)/t22-/m0/s1. The summed E-state index contributed by atoms with van der Waals surface area (Å²) in [6, 6.07) is 28.3. The summed E-state index contributed by atoms with van der Waals surface area (Å²) in [7, 11) is 2.01. The lowest BCUT2D eigenvalue weighted by Crippen LogP contribution is -2.18. The molecule has 0 aliphatic carbocycles. The molecule has 5 rings (SSSR count). The van der Waals surface area contributed by atoms with Crippen LogP contribution >= 0.6 is 0 Å². The van der Waals surface area contributed by atoms with Gasteiger partial charge in [-0.3, -0.25) is 0 Å². The third-order valence-corrected chi connectivity index (χ3v) is 5.17. The summed E-state index contributed by atoms with van der Waals surface area (Å²) >= 11 is 0. The largest absolute Gasteiger partial charge is 0.356 e. The van der Waals surface area contributed by atoms with Gasteiger partial charge in [-0.2, -0.15) is 0 Å². The first kappa shape index (κ1) is 18.1. The van der Waals surface area contributed by atoms with Crippen molar-refractivity contribution >= 4 is 16.7 Å². The second-order valence-corrected chi connectivity index (χ2v) is 7.16. The second kappa shape index (κ2) is 7.79. The Balaban J connectivity index is 1.66. The first-order valence-electron chi connectivity index (χ1n) is 9.90. The topological polar surface area (TPSA) is 55.6 Å². The van der Waals surface area contributed by atoms with Crippen LogP contribution in [0, 0.1) is 0 Å². The van der Waals surface area contributed by atoms with Crippen LogP contribution < -0.4 is 5.32 Å². The van der Waals surface area contributed by atoms with Crippen molar-refractivity contribution in [1.82, 2.24) is 19.5 Å². The number of rotatable bonds is 5. The summed E-state index contributed by atoms with van der Waals surface area (Å²) in [5.74, 6) is 2.41. The molecule has 0 amide bonds. The van der Waals surface area contributed by atoms with E-state index in [1.54, 1.807) is 0 Å². The van der Waals surface area contributed by atoms with Gasteiger partial charge in [0.25, 0.3) is 0 Å². The predicted octanol–water partition coefficient (Wildman–Crippen LogP) is 5.23. The maximum Gasteiger partial charge on any atom is 0.162 e. The van der Waals surface area contributed by atoms with Gasteiger partial charge in [0, 0.05) is 30.4 Å². The Kier molecular flexibility index (Phi) is 4.69. The number of fused-ring (bicyclic) bond motifs is 1. The summed E-state index contributed by atoms with van der Waals surface area (Å²) < 4.78 is 2.03. The first-order valence-corrected chi connectivity index (χ1v) is 9.90. The summed E-state index contributed by atoms with van der Waals surface area (Å²) in [6.45, 7) is 0. The van der Waals surface area contributed by atoms with Gasteiger partial charge in [0.1, 0.15) is 17.7 Å². The number of hydrogen-bond donors (Lipinski definition) is 1. The maximum absolute atomic E-state index is 4.92. The molecule has 3 aromatic carbocycles. The summed E-state index contributed by atoms with van der Waals surface area (Å²) in [5.41, 5.74) is 3.01. The Hall–Kier alpha value is -3.99. The number of aryl methyl sites for hydroxylation is 1. The first-order chi connectivity index (χ1) is 14.8. The molecule has 1 atom stereocenters. The highest BCUT2D eigenvalue weighted by Crippen LogP contribution is 2.30. The van der Waals surface area contributed by atoms with E-state index in [0.717, 1.165) is 33.7 Å². The summed E-state index contributed by atoms with van der Waals surface area (Å²) in [4.78, 5) is 14.3. The fourth-order valence-corrected chi connectivity index (χ4v) is 3.64. The third kappa shape index (κ3) is 3.42. The van der Waals surface area contributed by atoms with E-state index >= 15 is 0 Å². The fourth-order valence-electron chi connectivity index (χ4n) is 3.64. The van der Waals surface area contributed by atoms with Gasteiger partial charge in [-0.15, -0.1) is 0 Å². The van der Waals surface area contributed by atoms with Crippen LogP contribution in [0.3, 0.4) is 0 Å². The zero-order valence-electron chi connectivity index (χ0n) is 16.6. The van der Waals surface area contributed by atoms with E-state index < -0.39 is 0 Å². The van der Waals surface area contributed by atoms with E-state index in [9.17, 15) is 0 Å². The molecule has 30 heavy (non-hydrogen) atoms. The molecule has 2 heterocycles. The lowest BCUT2D eigenvalue weighted by atomic mass is 10.1. The molecule has 0 saturated carbocycles. The van der Waals surface area contributed by atoms with E-state index in [2.05, 4.69) is 22.4 Å². The number of hydrogen-bond acceptors (Lipinski definition) is 4. The molecule has 0 spiro atoms. The number of anilines is 1. The molecule has 5 heteroatoms. The Morgan fingerprint density at radius 3 is 2.23 bits per heavy atom. The molecule has 0 saturated heterocycles. The third-order valence-electron chi connectivity index (χ3n) is 5.17. The van der Waals surface area contributed by atoms with Crippen molar-refractivity contribution in [2.45, 2.75) is 6.04 Å². The summed E-state index contributed by atoms with van der Waals surface area (Å²) in [5, 5.41) is 4.64. The number of benzene rings is 3. The van der Waals surface area contributed by atoms with E-state index in [0.29, 0.717) is 5.82 Å². The minimum atomic E-state index is -0.145. The Bertz CT molecular complexity index is 1280. The SMILES string of the molecule is Cn1ccnc1[C@@H](Nc1nc(-c2ccccc2)nc2ccccc12)c1ccccc1. The van der Waals surface area contributed by atoms with Crippen LogP contribution in [0.1, 0.15) is 17.4 Å². The second-order valence-electron chi connectivity index (χ2n) is 7.16. The number of para-hydroxylation sites is 1. The van der Waals surface area contributed by atoms with Crippen LogP contribution in [0.25, 0.3) is 22.3 Å². The van der Waals surface area contributed by atoms with Crippen LogP contribution in [-0.4, -0.2) is 19.5 Å². The Labute approximate surface area is 175 Å². The van der Waals surface area contributed by atoms with Crippen molar-refractivity contribution in [3.05, 3.63) is 109 Å². The van der Waals surface area contributed by atoms with E-state index in [-0.39, 0.29) is 6.04 Å². The molecular weight excluding hydrogens is 370 g/mol. The van der Waals surface area contributed by atoms with Crippen molar-refractivity contribution in [1.29, 1.82) is 0 Å². The maximum atomic E-state index is 4.92. The predicted molar refractivity (Wildman–Crippen MR) is 120 cm³/mol. The fraction of sp³-hybridized carbons (Fsp3) is 0.0800. The van der Waals surface area contributed by atoms with Gasteiger partial charge in [-0.25, -0.2) is 15.0 Å². The molecule has 0 unspecified atom stereocenters. The molecule has 0 radical (unpaired) electrons. The minimum absolute atomic E-state index is 0.145. The van der Waals surface area contributed by atoms with Gasteiger partial charge in [0.15, 0.2) is 5.82 Å². The van der Waals surface area contributed by atoms with Gasteiger partial charge in [0.2, 0.25) is 0 Å². The van der Waals surface area contributed by atoms with Crippen LogP contribution in [0.2, 0.25) is 0 Å². The van der Waals surface area contributed by atoms with Gasteiger partial charge < -0.3 is 9.88 Å². The minimum Gasteiger partial charge on any atom is -0.356 e. The normalized spacial score (nSPS) is 12.0. The zero-order chi connectivity index (χ0) is 20.3. The van der Waals surface area contributed by atoms with E-state index in [4.69, 9.17) is 9.97 Å². The lowest BCUT2D eigenvalue weighted by molar-refractivity contribution is 0.746. The number of imidazole rings is 1. The van der Waals surface area contributed by atoms with Gasteiger partial charge in [-0.1, -0.05) is 72.8 Å². The lowest BCUT2D eigenvalue weighted by Gasteiger charge is -2.21.